The van der Waals surface area contributed by atoms with Gasteiger partial charge in [0.2, 0.25) is 5.91 Å². The van der Waals surface area contributed by atoms with Crippen molar-refractivity contribution < 1.29 is 14.1 Å². The number of allylic oxidation sites excluding steroid dienone is 1. The maximum atomic E-state index is 13.5. The van der Waals surface area contributed by atoms with E-state index in [0.717, 1.165) is 33.9 Å². The first kappa shape index (κ1) is 21.5. The highest BCUT2D eigenvalue weighted by Gasteiger charge is 2.42. The van der Waals surface area contributed by atoms with Crippen molar-refractivity contribution >= 4 is 40.2 Å². The number of aryl methyl sites for hydroxylation is 1. The lowest BCUT2D eigenvalue weighted by atomic mass is 9.74. The van der Waals surface area contributed by atoms with E-state index in [4.69, 9.17) is 4.52 Å². The molecule has 1 aromatic carbocycles. The number of rotatable bonds is 4. The van der Waals surface area contributed by atoms with Gasteiger partial charge >= 0.3 is 0 Å². The van der Waals surface area contributed by atoms with Crippen LogP contribution in [0.1, 0.15) is 43.4 Å². The van der Waals surface area contributed by atoms with Crippen LogP contribution in [-0.2, 0) is 9.59 Å². The van der Waals surface area contributed by atoms with Crippen molar-refractivity contribution in [1.29, 1.82) is 0 Å². The summed E-state index contributed by atoms with van der Waals surface area (Å²) in [6.45, 7) is 6.08. The monoisotopic (exact) mass is 462 g/mol. The number of carbonyl (C=O) groups is 2. The fraction of sp³-hybridized carbons (Fsp3) is 0.320. The molecule has 7 nitrogen and oxygen atoms in total. The molecule has 33 heavy (non-hydrogen) atoms. The first-order valence-electron chi connectivity index (χ1n) is 11.0. The fourth-order valence-electron chi connectivity index (χ4n) is 4.73. The number of nitrogens with one attached hydrogen (secondary N) is 2. The molecule has 3 heterocycles. The normalized spacial score (nSPS) is 19.4. The average molecular weight is 463 g/mol. The van der Waals surface area contributed by atoms with Crippen molar-refractivity contribution in [1.82, 2.24) is 5.16 Å². The number of hydrogen-bond acceptors (Lipinski definition) is 7. The first-order valence-corrected chi connectivity index (χ1v) is 11.8. The number of fused-ring (bicyclic) bond motifs is 1. The molecular formula is C25H26N4O3S. The fourth-order valence-corrected chi connectivity index (χ4v) is 5.58. The second-order valence-electron chi connectivity index (χ2n) is 9.39. The van der Waals surface area contributed by atoms with Crippen LogP contribution in [0.25, 0.3) is 0 Å². The molecule has 170 valence electrons. The SMILES string of the molecule is Cc1cc(NC(=O)CN2c3ccccc3NC3=C(C(=O)CC(C)(C)C3)C2c2cccs2)no1. The molecule has 1 atom stereocenters. The minimum Gasteiger partial charge on any atom is -0.360 e. The molecule has 0 spiro atoms. The number of nitrogens with zero attached hydrogens (tertiary/aromatic N) is 2. The Balaban J connectivity index is 1.61. The quantitative estimate of drug-likeness (QED) is 0.547. The van der Waals surface area contributed by atoms with Crippen molar-refractivity contribution in [2.24, 2.45) is 5.41 Å². The van der Waals surface area contributed by atoms with Gasteiger partial charge in [-0.2, -0.15) is 0 Å². The number of hydrogen-bond donors (Lipinski definition) is 2. The van der Waals surface area contributed by atoms with Crippen LogP contribution in [0.15, 0.2) is 63.6 Å². The van der Waals surface area contributed by atoms with Gasteiger partial charge in [0.15, 0.2) is 11.6 Å². The zero-order valence-electron chi connectivity index (χ0n) is 18.8. The van der Waals surface area contributed by atoms with Crippen LogP contribution in [0, 0.1) is 12.3 Å². The van der Waals surface area contributed by atoms with E-state index in [9.17, 15) is 9.59 Å². The van der Waals surface area contributed by atoms with Gasteiger partial charge in [-0.25, -0.2) is 0 Å². The predicted molar refractivity (Wildman–Crippen MR) is 129 cm³/mol. The number of benzene rings is 1. The summed E-state index contributed by atoms with van der Waals surface area (Å²) in [5, 5.41) is 12.3. The molecule has 0 radical (unpaired) electrons. The van der Waals surface area contributed by atoms with E-state index in [1.807, 2.05) is 46.7 Å². The Bertz CT molecular complexity index is 1240. The van der Waals surface area contributed by atoms with Gasteiger partial charge in [0.1, 0.15) is 5.76 Å². The third-order valence-electron chi connectivity index (χ3n) is 6.03. The van der Waals surface area contributed by atoms with Crippen LogP contribution in [-0.4, -0.2) is 23.4 Å². The lowest BCUT2D eigenvalue weighted by molar-refractivity contribution is -0.119. The first-order chi connectivity index (χ1) is 15.8. The van der Waals surface area contributed by atoms with Crippen LogP contribution >= 0.6 is 11.3 Å². The van der Waals surface area contributed by atoms with E-state index in [-0.39, 0.29) is 29.7 Å². The van der Waals surface area contributed by atoms with E-state index in [0.29, 0.717) is 18.0 Å². The summed E-state index contributed by atoms with van der Waals surface area (Å²) in [4.78, 5) is 29.7. The van der Waals surface area contributed by atoms with E-state index in [2.05, 4.69) is 29.6 Å². The predicted octanol–water partition coefficient (Wildman–Crippen LogP) is 5.30. The van der Waals surface area contributed by atoms with Crippen LogP contribution in [0.5, 0.6) is 0 Å². The van der Waals surface area contributed by atoms with E-state index < -0.39 is 0 Å². The van der Waals surface area contributed by atoms with Crippen LogP contribution < -0.4 is 15.5 Å². The lowest BCUT2D eigenvalue weighted by Crippen LogP contribution is -2.39. The maximum Gasteiger partial charge on any atom is 0.245 e. The van der Waals surface area contributed by atoms with Crippen LogP contribution in [0.3, 0.4) is 0 Å². The molecule has 1 aliphatic heterocycles. The average Bonchev–Trinajstić information content (AvgIpc) is 3.38. The Hall–Kier alpha value is -3.39. The Kier molecular flexibility index (Phi) is 5.32. The zero-order chi connectivity index (χ0) is 23.2. The van der Waals surface area contributed by atoms with Crippen molar-refractivity contribution in [3.05, 3.63) is 69.8 Å². The van der Waals surface area contributed by atoms with Gasteiger partial charge in [-0.3, -0.25) is 9.59 Å². The molecule has 0 saturated carbocycles. The molecule has 5 rings (SSSR count). The van der Waals surface area contributed by atoms with Crippen molar-refractivity contribution in [3.63, 3.8) is 0 Å². The number of amides is 1. The molecule has 2 aromatic heterocycles. The lowest BCUT2D eigenvalue weighted by Gasteiger charge is -2.37. The molecule has 0 bridgehead atoms. The standard InChI is InChI=1S/C25H26N4O3S/c1-15-11-21(28-32-15)27-22(31)14-29-18-8-5-4-7-16(18)26-17-12-25(2,3)13-19(30)23(17)24(29)20-9-6-10-33-20/h4-11,24,26H,12-14H2,1-3H3,(H,27,28,31). The van der Waals surface area contributed by atoms with Gasteiger partial charge in [0.05, 0.1) is 24.0 Å². The molecule has 2 N–H and O–H groups in total. The van der Waals surface area contributed by atoms with Crippen molar-refractivity contribution in [2.75, 3.05) is 22.1 Å². The van der Waals surface area contributed by atoms with E-state index in [1.165, 1.54) is 0 Å². The number of Topliss-reactive ketones (excluding diaryl/α,β-unsaturated/α-hetero) is 1. The smallest absolute Gasteiger partial charge is 0.245 e. The Morgan fingerprint density at radius 1 is 1.27 bits per heavy atom. The molecule has 0 saturated heterocycles. The number of anilines is 3. The highest BCUT2D eigenvalue weighted by Crippen LogP contribution is 2.48. The van der Waals surface area contributed by atoms with Gasteiger partial charge in [-0.05, 0) is 42.3 Å². The summed E-state index contributed by atoms with van der Waals surface area (Å²) in [6.07, 6.45) is 1.24. The molecule has 3 aromatic rings. The van der Waals surface area contributed by atoms with Gasteiger partial charge in [-0.15, -0.1) is 11.3 Å². The summed E-state index contributed by atoms with van der Waals surface area (Å²) >= 11 is 1.59. The molecule has 8 heteroatoms. The summed E-state index contributed by atoms with van der Waals surface area (Å²) in [7, 11) is 0. The van der Waals surface area contributed by atoms with Gasteiger partial charge < -0.3 is 20.1 Å². The summed E-state index contributed by atoms with van der Waals surface area (Å²) < 4.78 is 5.08. The minimum atomic E-state index is -0.357. The molecule has 0 fully saturated rings. The number of para-hydroxylation sites is 2. The maximum absolute atomic E-state index is 13.5. The third kappa shape index (κ3) is 4.18. The van der Waals surface area contributed by atoms with Crippen molar-refractivity contribution in [2.45, 2.75) is 39.7 Å². The largest absolute Gasteiger partial charge is 0.360 e. The van der Waals surface area contributed by atoms with Crippen LogP contribution in [0.4, 0.5) is 17.2 Å². The summed E-state index contributed by atoms with van der Waals surface area (Å²) in [5.74, 6) is 0.892. The highest BCUT2D eigenvalue weighted by atomic mass is 32.1. The van der Waals surface area contributed by atoms with E-state index >= 15 is 0 Å². The zero-order valence-corrected chi connectivity index (χ0v) is 19.7. The second kappa shape index (κ2) is 8.19. The molecule has 1 amide bonds. The Morgan fingerprint density at radius 2 is 2.09 bits per heavy atom. The van der Waals surface area contributed by atoms with Gasteiger partial charge in [0, 0.05) is 28.6 Å². The molecule has 2 aliphatic rings. The number of thiophene rings is 1. The second-order valence-corrected chi connectivity index (χ2v) is 10.4. The molecule has 1 aliphatic carbocycles. The van der Waals surface area contributed by atoms with Crippen LogP contribution in [0.2, 0.25) is 0 Å². The van der Waals surface area contributed by atoms with Gasteiger partial charge in [0.25, 0.3) is 0 Å². The Morgan fingerprint density at radius 3 is 2.82 bits per heavy atom. The number of carbonyl (C=O) groups excluding carboxylic acids is 2. The highest BCUT2D eigenvalue weighted by molar-refractivity contribution is 7.10. The topological polar surface area (TPSA) is 87.5 Å². The summed E-state index contributed by atoms with van der Waals surface area (Å²) in [6, 6.07) is 13.2. The number of aromatic nitrogens is 1. The number of ketones is 1. The minimum absolute atomic E-state index is 0.0562. The Labute approximate surface area is 196 Å². The van der Waals surface area contributed by atoms with Crippen molar-refractivity contribution in [3.8, 4) is 0 Å². The summed E-state index contributed by atoms with van der Waals surface area (Å²) in [5.41, 5.74) is 3.33. The van der Waals surface area contributed by atoms with E-state index in [1.54, 1.807) is 24.3 Å². The molecule has 1 unspecified atom stereocenters. The van der Waals surface area contributed by atoms with Gasteiger partial charge in [-0.1, -0.05) is 37.2 Å². The third-order valence-corrected chi connectivity index (χ3v) is 6.95. The molecular weight excluding hydrogens is 436 g/mol.